The van der Waals surface area contributed by atoms with E-state index in [2.05, 4.69) is 10.3 Å². The van der Waals surface area contributed by atoms with Crippen LogP contribution in [0, 0.1) is 18.7 Å². The van der Waals surface area contributed by atoms with Crippen LogP contribution in [0.15, 0.2) is 42.5 Å². The van der Waals surface area contributed by atoms with E-state index in [1.165, 1.54) is 23.5 Å². The van der Waals surface area contributed by atoms with Crippen molar-refractivity contribution in [2.75, 3.05) is 13.2 Å². The molecule has 0 radical (unpaired) electrons. The van der Waals surface area contributed by atoms with E-state index in [1.54, 1.807) is 12.1 Å². The molecule has 2 amide bonds. The van der Waals surface area contributed by atoms with Gasteiger partial charge in [0.25, 0.3) is 11.8 Å². The molecule has 1 N–H and O–H groups in total. The lowest BCUT2D eigenvalue weighted by Crippen LogP contribution is -2.45. The van der Waals surface area contributed by atoms with Gasteiger partial charge in [0.2, 0.25) is 0 Å². The molecule has 1 aliphatic carbocycles. The van der Waals surface area contributed by atoms with Gasteiger partial charge >= 0.3 is 0 Å². The molecule has 2 fully saturated rings. The molecule has 2 aliphatic heterocycles. The number of nitrogens with one attached hydrogen (secondary N) is 1. The molecule has 6 nitrogen and oxygen atoms in total. The summed E-state index contributed by atoms with van der Waals surface area (Å²) >= 11 is 1.40. The molecule has 1 saturated heterocycles. The maximum atomic E-state index is 13.9. The lowest BCUT2D eigenvalue weighted by molar-refractivity contribution is 0.0684. The van der Waals surface area contributed by atoms with Gasteiger partial charge in [-0.1, -0.05) is 18.2 Å². The second-order valence-corrected chi connectivity index (χ2v) is 10.4. The lowest BCUT2D eigenvalue weighted by atomic mass is 10.0. The van der Waals surface area contributed by atoms with Crippen LogP contribution in [0.4, 0.5) is 4.39 Å². The third-order valence-electron chi connectivity index (χ3n) is 6.95. The Kier molecular flexibility index (Phi) is 5.13. The largest absolute Gasteiger partial charge is 0.493 e. The Morgan fingerprint density at radius 1 is 1.24 bits per heavy atom. The van der Waals surface area contributed by atoms with E-state index < -0.39 is 0 Å². The molecule has 3 heterocycles. The van der Waals surface area contributed by atoms with E-state index in [9.17, 15) is 14.0 Å². The second kappa shape index (κ2) is 8.20. The van der Waals surface area contributed by atoms with E-state index in [0.29, 0.717) is 40.8 Å². The number of aryl methyl sites for hydroxylation is 1. The molecule has 0 spiro atoms. The molecule has 0 bridgehead atoms. The maximum absolute atomic E-state index is 13.9. The highest BCUT2D eigenvalue weighted by Crippen LogP contribution is 2.49. The normalized spacial score (nSPS) is 22.2. The molecule has 2 aromatic carbocycles. The Bertz CT molecular complexity index is 1310. The summed E-state index contributed by atoms with van der Waals surface area (Å²) in [6, 6.07) is 11.9. The van der Waals surface area contributed by atoms with Gasteiger partial charge in [0.05, 0.1) is 22.5 Å². The zero-order valence-electron chi connectivity index (χ0n) is 18.7. The molecule has 8 heteroatoms. The van der Waals surface area contributed by atoms with Gasteiger partial charge in [-0.2, -0.15) is 0 Å². The Morgan fingerprint density at radius 2 is 2.09 bits per heavy atom. The third-order valence-corrected chi connectivity index (χ3v) is 7.97. The predicted octanol–water partition coefficient (Wildman–Crippen LogP) is 4.23. The Balaban J connectivity index is 1.22. The standard InChI is InChI=1S/C26H24FN3O3S/c1-14-29-23(24(34-14)15-4-2-5-17(27)10-15)26(32)30-18(11-16-12-21(16)30)13-28-25(31)20-6-3-7-22-19(20)8-9-33-22/h2-7,10,16,18,21H,8-9,11-13H2,1H3,(H,28,31)/t16?,18-,21?/m0/s1. The van der Waals surface area contributed by atoms with Crippen molar-refractivity contribution in [3.8, 4) is 16.2 Å². The Hall–Kier alpha value is -3.26. The number of benzene rings is 2. The molecule has 174 valence electrons. The number of carbonyl (C=O) groups is 2. The fourth-order valence-corrected chi connectivity index (χ4v) is 6.22. The summed E-state index contributed by atoms with van der Waals surface area (Å²) in [4.78, 5) is 33.8. The molecule has 3 atom stereocenters. The minimum atomic E-state index is -0.344. The van der Waals surface area contributed by atoms with Crippen molar-refractivity contribution in [3.63, 3.8) is 0 Å². The average Bonchev–Trinajstić information content (AvgIpc) is 3.18. The van der Waals surface area contributed by atoms with Crippen molar-refractivity contribution in [2.24, 2.45) is 5.92 Å². The van der Waals surface area contributed by atoms with Crippen LogP contribution in [0.5, 0.6) is 5.75 Å². The summed E-state index contributed by atoms with van der Waals surface area (Å²) in [5.41, 5.74) is 2.61. The van der Waals surface area contributed by atoms with E-state index in [1.807, 2.05) is 30.0 Å². The first-order valence-electron chi connectivity index (χ1n) is 11.6. The summed E-state index contributed by atoms with van der Waals surface area (Å²) in [5.74, 6) is 0.624. The smallest absolute Gasteiger partial charge is 0.274 e. The van der Waals surface area contributed by atoms with Crippen LogP contribution in [0.2, 0.25) is 0 Å². The number of hydrogen-bond donors (Lipinski definition) is 1. The minimum Gasteiger partial charge on any atom is -0.493 e. The number of fused-ring (bicyclic) bond motifs is 2. The Labute approximate surface area is 200 Å². The summed E-state index contributed by atoms with van der Waals surface area (Å²) in [5, 5.41) is 3.81. The monoisotopic (exact) mass is 477 g/mol. The molecule has 3 aliphatic rings. The van der Waals surface area contributed by atoms with Gasteiger partial charge in [-0.15, -0.1) is 11.3 Å². The number of hydrogen-bond acceptors (Lipinski definition) is 5. The van der Waals surface area contributed by atoms with Crippen LogP contribution in [-0.4, -0.2) is 46.9 Å². The number of aromatic nitrogens is 1. The number of nitrogens with zero attached hydrogens (tertiary/aromatic N) is 2. The second-order valence-electron chi connectivity index (χ2n) is 9.18. The van der Waals surface area contributed by atoms with E-state index in [0.717, 1.165) is 35.6 Å². The van der Waals surface area contributed by atoms with Crippen molar-refractivity contribution in [1.29, 1.82) is 0 Å². The first-order valence-corrected chi connectivity index (χ1v) is 12.4. The zero-order chi connectivity index (χ0) is 23.4. The van der Waals surface area contributed by atoms with E-state index in [-0.39, 0.29) is 29.7 Å². The fraction of sp³-hybridized carbons (Fsp3) is 0.346. The first kappa shape index (κ1) is 21.3. The van der Waals surface area contributed by atoms with Crippen molar-refractivity contribution < 1.29 is 18.7 Å². The molecule has 6 rings (SSSR count). The maximum Gasteiger partial charge on any atom is 0.274 e. The SMILES string of the molecule is Cc1nc(C(=O)N2C3CC3C[C@H]2CNC(=O)c2cccc3c2CCO3)c(-c2cccc(F)c2)s1. The highest BCUT2D eigenvalue weighted by molar-refractivity contribution is 7.15. The highest BCUT2D eigenvalue weighted by Gasteiger charge is 2.54. The van der Waals surface area contributed by atoms with Crippen molar-refractivity contribution in [1.82, 2.24) is 15.2 Å². The number of halogens is 1. The van der Waals surface area contributed by atoms with Crippen molar-refractivity contribution >= 4 is 23.2 Å². The van der Waals surface area contributed by atoms with E-state index in [4.69, 9.17) is 4.74 Å². The Morgan fingerprint density at radius 3 is 2.94 bits per heavy atom. The molecule has 34 heavy (non-hydrogen) atoms. The molecule has 1 aromatic heterocycles. The molecular formula is C26H24FN3O3S. The first-order chi connectivity index (χ1) is 16.5. The number of piperidine rings is 1. The van der Waals surface area contributed by atoms with Crippen LogP contribution in [0.1, 0.15) is 44.3 Å². The number of carbonyl (C=O) groups excluding carboxylic acids is 2. The van der Waals surface area contributed by atoms with Gasteiger partial charge in [-0.25, -0.2) is 9.37 Å². The van der Waals surface area contributed by atoms with Crippen LogP contribution in [0.3, 0.4) is 0 Å². The van der Waals surface area contributed by atoms with Crippen LogP contribution < -0.4 is 10.1 Å². The molecule has 2 unspecified atom stereocenters. The minimum absolute atomic E-state index is 0.0874. The van der Waals surface area contributed by atoms with Gasteiger partial charge in [0.15, 0.2) is 0 Å². The van der Waals surface area contributed by atoms with Crippen LogP contribution in [-0.2, 0) is 6.42 Å². The van der Waals surface area contributed by atoms with Gasteiger partial charge in [0.1, 0.15) is 17.3 Å². The highest BCUT2D eigenvalue weighted by atomic mass is 32.1. The topological polar surface area (TPSA) is 71.5 Å². The predicted molar refractivity (Wildman–Crippen MR) is 127 cm³/mol. The van der Waals surface area contributed by atoms with Gasteiger partial charge in [0, 0.05) is 30.1 Å². The summed E-state index contributed by atoms with van der Waals surface area (Å²) in [6.07, 6.45) is 2.58. The van der Waals surface area contributed by atoms with Gasteiger partial charge < -0.3 is 15.0 Å². The molecule has 3 aromatic rings. The lowest BCUT2D eigenvalue weighted by Gasteiger charge is -2.27. The fourth-order valence-electron chi connectivity index (χ4n) is 5.32. The number of amides is 2. The molecular weight excluding hydrogens is 453 g/mol. The molecule has 1 saturated carbocycles. The average molecular weight is 478 g/mol. The van der Waals surface area contributed by atoms with Gasteiger partial charge in [-0.05, 0) is 55.5 Å². The van der Waals surface area contributed by atoms with Crippen LogP contribution in [0.25, 0.3) is 10.4 Å². The van der Waals surface area contributed by atoms with Gasteiger partial charge in [-0.3, -0.25) is 9.59 Å². The van der Waals surface area contributed by atoms with Crippen molar-refractivity contribution in [2.45, 2.75) is 38.3 Å². The van der Waals surface area contributed by atoms with E-state index >= 15 is 0 Å². The summed E-state index contributed by atoms with van der Waals surface area (Å²) < 4.78 is 19.4. The number of thiazole rings is 1. The quantitative estimate of drug-likeness (QED) is 0.597. The van der Waals surface area contributed by atoms with Crippen LogP contribution >= 0.6 is 11.3 Å². The zero-order valence-corrected chi connectivity index (χ0v) is 19.5. The number of rotatable bonds is 5. The van der Waals surface area contributed by atoms with Crippen molar-refractivity contribution in [3.05, 3.63) is 70.1 Å². The third kappa shape index (κ3) is 3.66. The summed E-state index contributed by atoms with van der Waals surface area (Å²) in [7, 11) is 0. The number of ether oxygens (including phenoxy) is 1. The summed E-state index contributed by atoms with van der Waals surface area (Å²) in [6.45, 7) is 2.84. The number of likely N-dealkylation sites (tertiary alicyclic amines) is 1.